The average Bonchev–Trinajstić information content (AvgIpc) is 3.35. The molecule has 0 aromatic carbocycles. The molecular formula is C63H106O6. The highest BCUT2D eigenvalue weighted by Gasteiger charge is 2.19. The van der Waals surface area contributed by atoms with E-state index in [1.165, 1.54) is 83.5 Å². The number of esters is 3. The van der Waals surface area contributed by atoms with Crippen LogP contribution in [-0.4, -0.2) is 37.2 Å². The summed E-state index contributed by atoms with van der Waals surface area (Å²) in [5.41, 5.74) is 0. The molecule has 394 valence electrons. The molecule has 0 aliphatic rings. The Labute approximate surface area is 426 Å². The average molecular weight is 960 g/mol. The maximum absolute atomic E-state index is 12.8. The molecular weight excluding hydrogens is 853 g/mol. The van der Waals surface area contributed by atoms with Gasteiger partial charge in [-0.25, -0.2) is 0 Å². The lowest BCUT2D eigenvalue weighted by molar-refractivity contribution is -0.167. The Kier molecular flexibility index (Phi) is 53.9. The minimum Gasteiger partial charge on any atom is -0.462 e. The lowest BCUT2D eigenvalue weighted by atomic mass is 10.1. The van der Waals surface area contributed by atoms with Crippen molar-refractivity contribution in [2.45, 2.75) is 271 Å². The second-order valence-corrected chi connectivity index (χ2v) is 18.8. The summed E-state index contributed by atoms with van der Waals surface area (Å²) in [6, 6.07) is 0. The molecule has 0 N–H and O–H groups in total. The van der Waals surface area contributed by atoms with Crippen LogP contribution >= 0.6 is 0 Å². The van der Waals surface area contributed by atoms with E-state index >= 15 is 0 Å². The molecule has 0 aromatic rings. The smallest absolute Gasteiger partial charge is 0.306 e. The Morgan fingerprint density at radius 2 is 0.565 bits per heavy atom. The summed E-state index contributed by atoms with van der Waals surface area (Å²) in [5, 5.41) is 0. The number of allylic oxidation sites excluding steroid dienone is 16. The summed E-state index contributed by atoms with van der Waals surface area (Å²) in [6.07, 6.45) is 75.4. The maximum Gasteiger partial charge on any atom is 0.306 e. The van der Waals surface area contributed by atoms with Crippen molar-refractivity contribution in [1.82, 2.24) is 0 Å². The van der Waals surface area contributed by atoms with Gasteiger partial charge in [0.1, 0.15) is 13.2 Å². The Balaban J connectivity index is 4.40. The van der Waals surface area contributed by atoms with Gasteiger partial charge in [-0.15, -0.1) is 0 Å². The maximum atomic E-state index is 12.8. The van der Waals surface area contributed by atoms with E-state index in [9.17, 15) is 14.4 Å². The molecule has 6 heteroatoms. The van der Waals surface area contributed by atoms with Crippen LogP contribution in [0.3, 0.4) is 0 Å². The molecule has 69 heavy (non-hydrogen) atoms. The second kappa shape index (κ2) is 56.9. The van der Waals surface area contributed by atoms with Crippen molar-refractivity contribution in [2.75, 3.05) is 13.2 Å². The van der Waals surface area contributed by atoms with Crippen LogP contribution in [0.4, 0.5) is 0 Å². The first-order valence-corrected chi connectivity index (χ1v) is 28.7. The molecule has 0 aliphatic carbocycles. The highest BCUT2D eigenvalue weighted by molar-refractivity contribution is 5.71. The summed E-state index contributed by atoms with van der Waals surface area (Å²) in [5.74, 6) is -0.929. The van der Waals surface area contributed by atoms with E-state index < -0.39 is 6.10 Å². The fraction of sp³-hybridized carbons (Fsp3) is 0.698. The van der Waals surface area contributed by atoms with Crippen LogP contribution in [0, 0.1) is 0 Å². The van der Waals surface area contributed by atoms with Crippen molar-refractivity contribution in [3.05, 3.63) is 97.2 Å². The zero-order valence-electron chi connectivity index (χ0n) is 45.0. The van der Waals surface area contributed by atoms with Gasteiger partial charge in [0, 0.05) is 19.3 Å². The van der Waals surface area contributed by atoms with E-state index in [4.69, 9.17) is 14.2 Å². The van der Waals surface area contributed by atoms with Gasteiger partial charge < -0.3 is 14.2 Å². The van der Waals surface area contributed by atoms with Gasteiger partial charge in [-0.3, -0.25) is 14.4 Å². The van der Waals surface area contributed by atoms with Gasteiger partial charge in [-0.2, -0.15) is 0 Å². The van der Waals surface area contributed by atoms with E-state index in [2.05, 4.69) is 118 Å². The molecule has 0 aromatic heterocycles. The molecule has 0 radical (unpaired) electrons. The quantitative estimate of drug-likeness (QED) is 0.0262. The number of ether oxygens (including phenoxy) is 3. The van der Waals surface area contributed by atoms with E-state index in [-0.39, 0.29) is 31.1 Å². The van der Waals surface area contributed by atoms with Gasteiger partial charge in [-0.05, 0) is 116 Å². The standard InChI is InChI=1S/C63H106O6/c1-4-7-10-13-16-19-22-25-28-29-30-31-32-33-36-38-41-44-47-50-53-56-62(65)68-59-60(69-63(66)57-54-51-48-45-42-39-35-27-24-21-18-15-12-9-6-3)58-67-61(64)55-52-49-46-43-40-37-34-26-23-20-17-14-11-8-5-2/h8-9,11-12,17-18,20-22,25-27,29-30,34-35,60H,4-7,10,13-16,19,23-24,28,31-33,36-59H2,1-3H3/b11-8-,12-9-,20-17-,21-18-,25-22-,30-29-,34-26-,35-27-. The van der Waals surface area contributed by atoms with Gasteiger partial charge in [0.25, 0.3) is 0 Å². The van der Waals surface area contributed by atoms with E-state index in [1.807, 2.05) is 0 Å². The van der Waals surface area contributed by atoms with Crippen LogP contribution in [0.2, 0.25) is 0 Å². The molecule has 0 aliphatic heterocycles. The predicted molar refractivity (Wildman–Crippen MR) is 297 cm³/mol. The zero-order chi connectivity index (χ0) is 50.0. The number of hydrogen-bond acceptors (Lipinski definition) is 6. The molecule has 0 heterocycles. The summed E-state index contributed by atoms with van der Waals surface area (Å²) in [7, 11) is 0. The Hall–Kier alpha value is -3.67. The van der Waals surface area contributed by atoms with Crippen molar-refractivity contribution < 1.29 is 28.6 Å². The Morgan fingerprint density at radius 3 is 0.884 bits per heavy atom. The zero-order valence-corrected chi connectivity index (χ0v) is 45.0. The molecule has 0 saturated heterocycles. The third kappa shape index (κ3) is 55.1. The third-order valence-electron chi connectivity index (χ3n) is 12.1. The highest BCUT2D eigenvalue weighted by atomic mass is 16.6. The Bertz CT molecular complexity index is 1380. The van der Waals surface area contributed by atoms with Gasteiger partial charge in [-0.1, -0.05) is 227 Å². The topological polar surface area (TPSA) is 78.9 Å². The van der Waals surface area contributed by atoms with E-state index in [0.29, 0.717) is 19.3 Å². The van der Waals surface area contributed by atoms with E-state index in [0.717, 1.165) is 141 Å². The first-order valence-electron chi connectivity index (χ1n) is 28.7. The van der Waals surface area contributed by atoms with Crippen LogP contribution in [-0.2, 0) is 28.6 Å². The minimum atomic E-state index is -0.797. The SMILES string of the molecule is CC/C=C\C/C=C\C/C=C\CCCCCCCC(=O)OCC(COC(=O)CCCCCCCCCCC/C=C\C/C=C\CCCCCCC)OC(=O)CCCCCCC/C=C\C/C=C\C/C=C\CC. The molecule has 1 unspecified atom stereocenters. The normalized spacial score (nSPS) is 12.8. The third-order valence-corrected chi connectivity index (χ3v) is 12.1. The molecule has 1 atom stereocenters. The lowest BCUT2D eigenvalue weighted by Gasteiger charge is -2.18. The molecule has 0 spiro atoms. The van der Waals surface area contributed by atoms with Crippen LogP contribution < -0.4 is 0 Å². The molecule has 0 bridgehead atoms. The van der Waals surface area contributed by atoms with Crippen molar-refractivity contribution in [1.29, 1.82) is 0 Å². The fourth-order valence-corrected chi connectivity index (χ4v) is 7.80. The first-order chi connectivity index (χ1) is 34.0. The lowest BCUT2D eigenvalue weighted by Crippen LogP contribution is -2.30. The van der Waals surface area contributed by atoms with Crippen LogP contribution in [0.1, 0.15) is 265 Å². The number of carbonyl (C=O) groups is 3. The van der Waals surface area contributed by atoms with Gasteiger partial charge in [0.15, 0.2) is 6.10 Å². The van der Waals surface area contributed by atoms with Crippen LogP contribution in [0.15, 0.2) is 97.2 Å². The van der Waals surface area contributed by atoms with Gasteiger partial charge in [0.2, 0.25) is 0 Å². The summed E-state index contributed by atoms with van der Waals surface area (Å²) < 4.78 is 16.8. The highest BCUT2D eigenvalue weighted by Crippen LogP contribution is 2.15. The monoisotopic (exact) mass is 959 g/mol. The van der Waals surface area contributed by atoms with Crippen molar-refractivity contribution >= 4 is 17.9 Å². The molecule has 6 nitrogen and oxygen atoms in total. The molecule has 0 rings (SSSR count). The van der Waals surface area contributed by atoms with E-state index in [1.54, 1.807) is 0 Å². The molecule has 0 saturated carbocycles. The first kappa shape index (κ1) is 65.3. The number of hydrogen-bond donors (Lipinski definition) is 0. The van der Waals surface area contributed by atoms with Gasteiger partial charge in [0.05, 0.1) is 0 Å². The van der Waals surface area contributed by atoms with Crippen LogP contribution in [0.5, 0.6) is 0 Å². The second-order valence-electron chi connectivity index (χ2n) is 18.8. The summed E-state index contributed by atoms with van der Waals surface area (Å²) in [4.78, 5) is 38.2. The number of rotatable bonds is 51. The van der Waals surface area contributed by atoms with Gasteiger partial charge >= 0.3 is 17.9 Å². The largest absolute Gasteiger partial charge is 0.462 e. The minimum absolute atomic E-state index is 0.0931. The summed E-state index contributed by atoms with van der Waals surface area (Å²) >= 11 is 0. The predicted octanol–water partition coefficient (Wildman–Crippen LogP) is 19.3. The molecule has 0 amide bonds. The fourth-order valence-electron chi connectivity index (χ4n) is 7.80. The van der Waals surface area contributed by atoms with Crippen molar-refractivity contribution in [2.24, 2.45) is 0 Å². The van der Waals surface area contributed by atoms with Crippen LogP contribution in [0.25, 0.3) is 0 Å². The number of unbranched alkanes of at least 4 members (excludes halogenated alkanes) is 24. The Morgan fingerprint density at radius 1 is 0.304 bits per heavy atom. The van der Waals surface area contributed by atoms with Crippen molar-refractivity contribution in [3.8, 4) is 0 Å². The number of carbonyl (C=O) groups excluding carboxylic acids is 3. The molecule has 0 fully saturated rings. The summed E-state index contributed by atoms with van der Waals surface area (Å²) in [6.45, 7) is 6.38. The van der Waals surface area contributed by atoms with Crippen molar-refractivity contribution in [3.63, 3.8) is 0 Å².